The summed E-state index contributed by atoms with van der Waals surface area (Å²) in [6, 6.07) is 10.7. The maximum Gasteiger partial charge on any atom is 0.00453 e. The van der Waals surface area contributed by atoms with Gasteiger partial charge in [-0.25, -0.2) is 0 Å². The largest absolute Gasteiger partial charge is 0.0995 e. The van der Waals surface area contributed by atoms with Crippen molar-refractivity contribution in [1.29, 1.82) is 0 Å². The number of allylic oxidation sites excluding steroid dienone is 5. The van der Waals surface area contributed by atoms with Crippen LogP contribution >= 0.6 is 0 Å². The Balaban J connectivity index is 2.40. The number of hydrogen-bond acceptors (Lipinski definition) is 0. The molecule has 0 radical (unpaired) electrons. The van der Waals surface area contributed by atoms with Crippen LogP contribution in [0.5, 0.6) is 0 Å². The first-order valence-corrected chi connectivity index (χ1v) is 6.68. The van der Waals surface area contributed by atoms with E-state index in [9.17, 15) is 0 Å². The van der Waals surface area contributed by atoms with Gasteiger partial charge in [0.05, 0.1) is 0 Å². The third-order valence-electron chi connectivity index (χ3n) is 3.72. The lowest BCUT2D eigenvalue weighted by atomic mass is 9.78. The number of benzene rings is 1. The van der Waals surface area contributed by atoms with Crippen LogP contribution in [-0.4, -0.2) is 0 Å². The molecule has 1 aromatic rings. The van der Waals surface area contributed by atoms with Crippen molar-refractivity contribution in [2.45, 2.75) is 33.6 Å². The van der Waals surface area contributed by atoms with E-state index in [0.29, 0.717) is 5.92 Å². The van der Waals surface area contributed by atoms with Crippen LogP contribution in [0.3, 0.4) is 0 Å². The molecule has 0 fully saturated rings. The minimum absolute atomic E-state index is 0.544. The average molecular weight is 238 g/mol. The highest BCUT2D eigenvalue weighted by atomic mass is 14.3. The third-order valence-corrected chi connectivity index (χ3v) is 3.72. The van der Waals surface area contributed by atoms with Crippen LogP contribution in [0.25, 0.3) is 5.57 Å². The van der Waals surface area contributed by atoms with Crippen LogP contribution in [0.15, 0.2) is 59.7 Å². The van der Waals surface area contributed by atoms with Gasteiger partial charge in [0.1, 0.15) is 0 Å². The van der Waals surface area contributed by atoms with Crippen LogP contribution in [0, 0.1) is 5.92 Å². The van der Waals surface area contributed by atoms with E-state index in [1.165, 1.54) is 34.3 Å². The Morgan fingerprint density at radius 1 is 1.11 bits per heavy atom. The van der Waals surface area contributed by atoms with Gasteiger partial charge in [0.2, 0.25) is 0 Å². The molecule has 0 bridgehead atoms. The van der Waals surface area contributed by atoms with Crippen molar-refractivity contribution in [3.05, 3.63) is 65.3 Å². The summed E-state index contributed by atoms with van der Waals surface area (Å²) < 4.78 is 0. The molecule has 0 spiro atoms. The van der Waals surface area contributed by atoms with E-state index in [4.69, 9.17) is 0 Å². The molecular weight excluding hydrogens is 216 g/mol. The molecule has 1 aliphatic rings. The first-order valence-electron chi connectivity index (χ1n) is 6.68. The summed E-state index contributed by atoms with van der Waals surface area (Å²) >= 11 is 0. The van der Waals surface area contributed by atoms with E-state index in [1.807, 2.05) is 0 Å². The molecule has 0 aromatic heterocycles. The quantitative estimate of drug-likeness (QED) is 0.606. The van der Waals surface area contributed by atoms with Gasteiger partial charge in [0.15, 0.2) is 0 Å². The second kappa shape index (κ2) is 5.39. The zero-order chi connectivity index (χ0) is 13.1. The molecular formula is C18H22. The fraction of sp³-hybridized carbons (Fsp3) is 0.333. The van der Waals surface area contributed by atoms with Crippen molar-refractivity contribution in [3.8, 4) is 0 Å². The molecule has 0 N–H and O–H groups in total. The zero-order valence-electron chi connectivity index (χ0n) is 11.7. The van der Waals surface area contributed by atoms with Crippen molar-refractivity contribution in [3.63, 3.8) is 0 Å². The molecule has 0 nitrogen and oxygen atoms in total. The summed E-state index contributed by atoms with van der Waals surface area (Å²) in [5.41, 5.74) is 6.99. The molecule has 0 heteroatoms. The minimum atomic E-state index is 0.544. The second-order valence-electron chi connectivity index (χ2n) is 5.43. The average Bonchev–Trinajstić information content (AvgIpc) is 2.39. The normalized spacial score (nSPS) is 19.4. The molecule has 0 saturated carbocycles. The van der Waals surface area contributed by atoms with Gasteiger partial charge in [-0.15, -0.1) is 0 Å². The van der Waals surface area contributed by atoms with Gasteiger partial charge >= 0.3 is 0 Å². The summed E-state index contributed by atoms with van der Waals surface area (Å²) in [6.07, 6.45) is 4.72. The first kappa shape index (κ1) is 12.9. The molecule has 0 amide bonds. The van der Waals surface area contributed by atoms with Gasteiger partial charge < -0.3 is 0 Å². The van der Waals surface area contributed by atoms with Gasteiger partial charge in [0, 0.05) is 5.92 Å². The fourth-order valence-electron chi connectivity index (χ4n) is 2.70. The topological polar surface area (TPSA) is 0 Å². The van der Waals surface area contributed by atoms with E-state index in [1.54, 1.807) is 0 Å². The smallest absolute Gasteiger partial charge is 0.00453 e. The van der Waals surface area contributed by atoms with E-state index in [2.05, 4.69) is 63.8 Å². The maximum absolute atomic E-state index is 4.15. The number of rotatable bonds is 2. The van der Waals surface area contributed by atoms with Crippen LogP contribution in [0.2, 0.25) is 0 Å². The standard InChI is InChI=1S/C18H22/c1-13(2)17-11-10-16(12-18(17)14(3)4)15-8-6-5-7-9-15/h5-9,12,17H,1,10-11H2,2-4H3. The lowest BCUT2D eigenvalue weighted by Gasteiger charge is -2.27. The Bertz CT molecular complexity index is 496. The van der Waals surface area contributed by atoms with Crippen LogP contribution in [0.4, 0.5) is 0 Å². The lowest BCUT2D eigenvalue weighted by Crippen LogP contribution is -2.11. The summed E-state index contributed by atoms with van der Waals surface area (Å²) in [7, 11) is 0. The predicted octanol–water partition coefficient (Wildman–Crippen LogP) is 5.39. The van der Waals surface area contributed by atoms with Gasteiger partial charge in [-0.2, -0.15) is 0 Å². The highest BCUT2D eigenvalue weighted by Crippen LogP contribution is 2.37. The van der Waals surface area contributed by atoms with E-state index < -0.39 is 0 Å². The monoisotopic (exact) mass is 238 g/mol. The third kappa shape index (κ3) is 2.64. The highest BCUT2D eigenvalue weighted by Gasteiger charge is 2.21. The predicted molar refractivity (Wildman–Crippen MR) is 80.3 cm³/mol. The maximum atomic E-state index is 4.15. The highest BCUT2D eigenvalue weighted by molar-refractivity contribution is 5.70. The summed E-state index contributed by atoms with van der Waals surface area (Å²) in [5, 5.41) is 0. The Morgan fingerprint density at radius 2 is 1.78 bits per heavy atom. The molecule has 1 unspecified atom stereocenters. The van der Waals surface area contributed by atoms with Crippen molar-refractivity contribution in [1.82, 2.24) is 0 Å². The van der Waals surface area contributed by atoms with E-state index in [0.717, 1.165) is 6.42 Å². The molecule has 0 saturated heterocycles. The van der Waals surface area contributed by atoms with Crippen LogP contribution < -0.4 is 0 Å². The lowest BCUT2D eigenvalue weighted by molar-refractivity contribution is 0.647. The van der Waals surface area contributed by atoms with Crippen LogP contribution in [0.1, 0.15) is 39.2 Å². The molecule has 94 valence electrons. The molecule has 1 atom stereocenters. The van der Waals surface area contributed by atoms with Gasteiger partial charge in [0.25, 0.3) is 0 Å². The SMILES string of the molecule is C=C(C)C1CCC(c2ccccc2)=CC1=C(C)C. The van der Waals surface area contributed by atoms with Gasteiger partial charge in [-0.05, 0) is 50.3 Å². The minimum Gasteiger partial charge on any atom is -0.0995 e. The van der Waals surface area contributed by atoms with Crippen LogP contribution in [-0.2, 0) is 0 Å². The number of hydrogen-bond donors (Lipinski definition) is 0. The van der Waals surface area contributed by atoms with Crippen molar-refractivity contribution in [2.75, 3.05) is 0 Å². The molecule has 0 heterocycles. The Morgan fingerprint density at radius 3 is 2.33 bits per heavy atom. The molecule has 1 aliphatic carbocycles. The van der Waals surface area contributed by atoms with E-state index >= 15 is 0 Å². The summed E-state index contributed by atoms with van der Waals surface area (Å²) in [5.74, 6) is 0.544. The summed E-state index contributed by atoms with van der Waals surface area (Å²) in [4.78, 5) is 0. The molecule has 18 heavy (non-hydrogen) atoms. The summed E-state index contributed by atoms with van der Waals surface area (Å²) in [6.45, 7) is 10.7. The van der Waals surface area contributed by atoms with Crippen molar-refractivity contribution >= 4 is 5.57 Å². The second-order valence-corrected chi connectivity index (χ2v) is 5.43. The molecule has 0 aliphatic heterocycles. The Labute approximate surface area is 111 Å². The molecule has 1 aromatic carbocycles. The van der Waals surface area contributed by atoms with Gasteiger partial charge in [-0.1, -0.05) is 54.1 Å². The Kier molecular flexibility index (Phi) is 3.86. The zero-order valence-corrected chi connectivity index (χ0v) is 11.7. The molecule has 2 rings (SSSR count). The first-order chi connectivity index (χ1) is 8.59. The Hall–Kier alpha value is -1.56. The van der Waals surface area contributed by atoms with Crippen molar-refractivity contribution in [2.24, 2.45) is 5.92 Å². The van der Waals surface area contributed by atoms with Gasteiger partial charge in [-0.3, -0.25) is 0 Å². The van der Waals surface area contributed by atoms with Crippen molar-refractivity contribution < 1.29 is 0 Å². The fourth-order valence-corrected chi connectivity index (χ4v) is 2.70. The van der Waals surface area contributed by atoms with E-state index in [-0.39, 0.29) is 0 Å².